The number of esters is 1. The summed E-state index contributed by atoms with van der Waals surface area (Å²) >= 11 is 0. The van der Waals surface area contributed by atoms with E-state index in [-0.39, 0.29) is 50.9 Å². The molecule has 7 rings (SSSR count). The Bertz CT molecular complexity index is 1570. The quantitative estimate of drug-likeness (QED) is 0.127. The van der Waals surface area contributed by atoms with E-state index in [0.717, 1.165) is 45.3 Å². The second-order valence-corrected chi connectivity index (χ2v) is 23.6. The number of carbonyl (C=O) groups is 2. The lowest BCUT2D eigenvalue weighted by Gasteiger charge is -2.73. The third-order valence-corrected chi connectivity index (χ3v) is 20.4. The molecule has 0 bridgehead atoms. The van der Waals surface area contributed by atoms with Crippen LogP contribution in [0.1, 0.15) is 132 Å². The Hall–Kier alpha value is -1.45. The molecule has 0 aromatic heterocycles. The van der Waals surface area contributed by atoms with Gasteiger partial charge in [-0.2, -0.15) is 0 Å². The molecule has 0 spiro atoms. The minimum absolute atomic E-state index is 0.107. The minimum Gasteiger partial charge on any atom is -0.481 e. The number of fused-ring (bicyclic) bond motifs is 8. The van der Waals surface area contributed by atoms with Gasteiger partial charge in [0.05, 0.1) is 30.7 Å². The van der Waals surface area contributed by atoms with Crippen molar-refractivity contribution in [2.75, 3.05) is 25.4 Å². The van der Waals surface area contributed by atoms with Crippen LogP contribution in [-0.2, 0) is 24.2 Å². The Labute approximate surface area is 314 Å². The van der Waals surface area contributed by atoms with Crippen molar-refractivity contribution in [3.05, 3.63) is 12.2 Å². The van der Waals surface area contributed by atoms with E-state index in [4.69, 9.17) is 4.74 Å². The summed E-state index contributed by atoms with van der Waals surface area (Å²) in [5, 5.41) is 16.0. The smallest absolute Gasteiger partial charge is 0.309 e. The molecule has 13 atom stereocenters. The first kappa shape index (κ1) is 38.8. The lowest BCUT2D eigenvalue weighted by atomic mass is 9.32. The fraction of sp³-hybridized carbons (Fsp3) is 0.907. The SMILES string of the molecule is C=C(C)[C@@H]1CC[C@]2(NCC[NH2+]C[C@@H]3C4CC4CS3(=O)=O)CC[C@]3(C)[C@H](CC[C@@H]4[C@@]5(C)CC[C@H](OC(=O)CC(C)(C)C(=O)O)C(C)(C)[C@@H]5CC[C@]43C)[C@@H]12. The Balaban J connectivity index is 1.06. The van der Waals surface area contributed by atoms with Crippen LogP contribution in [0.25, 0.3) is 0 Å². The van der Waals surface area contributed by atoms with Gasteiger partial charge in [-0.3, -0.25) is 9.59 Å². The number of nitrogens with two attached hydrogens (primary N) is 1. The molecule has 52 heavy (non-hydrogen) atoms. The molecule has 6 aliphatic carbocycles. The summed E-state index contributed by atoms with van der Waals surface area (Å²) in [4.78, 5) is 24.8. The number of allylic oxidation sites excluding steroid dienone is 1. The predicted octanol–water partition coefficient (Wildman–Crippen LogP) is 6.40. The number of ether oxygens (including phenoxy) is 1. The maximum atomic E-state index is 13.1. The number of carboxylic acids is 1. The summed E-state index contributed by atoms with van der Waals surface area (Å²) in [7, 11) is -2.90. The largest absolute Gasteiger partial charge is 0.481 e. The lowest BCUT2D eigenvalue weighted by Crippen LogP contribution is -2.88. The Morgan fingerprint density at radius 1 is 0.942 bits per heavy atom. The van der Waals surface area contributed by atoms with Gasteiger partial charge in [-0.05, 0) is 149 Å². The molecule has 1 heterocycles. The van der Waals surface area contributed by atoms with Crippen LogP contribution < -0.4 is 10.6 Å². The van der Waals surface area contributed by atoms with Crippen LogP contribution in [0.2, 0.25) is 0 Å². The average molecular weight is 744 g/mol. The predicted molar refractivity (Wildman–Crippen MR) is 204 cm³/mol. The maximum absolute atomic E-state index is 13.1. The molecule has 0 aromatic carbocycles. The number of hydrogen-bond acceptors (Lipinski definition) is 6. The first-order chi connectivity index (χ1) is 24.1. The number of carboxylic acid groups (broad SMARTS) is 1. The second-order valence-electron chi connectivity index (χ2n) is 21.3. The van der Waals surface area contributed by atoms with Crippen LogP contribution in [0.4, 0.5) is 0 Å². The van der Waals surface area contributed by atoms with Crippen molar-refractivity contribution < 1.29 is 33.2 Å². The lowest BCUT2D eigenvalue weighted by molar-refractivity contribution is -0.652. The summed E-state index contributed by atoms with van der Waals surface area (Å²) < 4.78 is 31.4. The first-order valence-electron chi connectivity index (χ1n) is 21.0. The molecule has 0 radical (unpaired) electrons. The fourth-order valence-electron chi connectivity index (χ4n) is 14.9. The highest BCUT2D eigenvalue weighted by Gasteiger charge is 2.71. The van der Waals surface area contributed by atoms with Crippen LogP contribution >= 0.6 is 0 Å². The summed E-state index contributed by atoms with van der Waals surface area (Å²) in [5.41, 5.74) is 0.772. The van der Waals surface area contributed by atoms with E-state index in [9.17, 15) is 23.1 Å². The Kier molecular flexibility index (Phi) is 9.55. The third-order valence-electron chi connectivity index (χ3n) is 18.0. The molecule has 1 aliphatic heterocycles. The molecule has 9 heteroatoms. The van der Waals surface area contributed by atoms with Crippen molar-refractivity contribution in [1.82, 2.24) is 5.32 Å². The zero-order chi connectivity index (χ0) is 37.9. The summed E-state index contributed by atoms with van der Waals surface area (Å²) in [6.45, 7) is 25.2. The van der Waals surface area contributed by atoms with Crippen molar-refractivity contribution in [2.45, 2.75) is 149 Å². The first-order valence-corrected chi connectivity index (χ1v) is 22.7. The molecular weight excluding hydrogens is 673 g/mol. The van der Waals surface area contributed by atoms with E-state index in [1.807, 2.05) is 0 Å². The van der Waals surface area contributed by atoms with Crippen molar-refractivity contribution >= 4 is 21.8 Å². The Morgan fingerprint density at radius 3 is 2.33 bits per heavy atom. The monoisotopic (exact) mass is 744 g/mol. The van der Waals surface area contributed by atoms with Gasteiger partial charge in [0.1, 0.15) is 11.4 Å². The van der Waals surface area contributed by atoms with E-state index in [0.29, 0.717) is 47.2 Å². The van der Waals surface area contributed by atoms with E-state index in [1.165, 1.54) is 50.5 Å². The highest BCUT2D eigenvalue weighted by molar-refractivity contribution is 7.92. The number of rotatable bonds is 11. The van der Waals surface area contributed by atoms with Gasteiger partial charge in [0.15, 0.2) is 9.84 Å². The zero-order valence-corrected chi connectivity index (χ0v) is 34.5. The van der Waals surface area contributed by atoms with E-state index in [2.05, 4.69) is 58.8 Å². The van der Waals surface area contributed by atoms with E-state index >= 15 is 0 Å². The van der Waals surface area contributed by atoms with Crippen molar-refractivity contribution in [2.24, 2.45) is 68.5 Å². The molecule has 7 aliphatic rings. The Morgan fingerprint density at radius 2 is 1.67 bits per heavy atom. The van der Waals surface area contributed by atoms with Crippen molar-refractivity contribution in [3.8, 4) is 0 Å². The molecule has 294 valence electrons. The molecular formula is C43H71N2O6S+. The summed E-state index contributed by atoms with van der Waals surface area (Å²) in [5.74, 6) is 2.75. The normalized spacial score (nSPS) is 46.9. The molecule has 2 unspecified atom stereocenters. The van der Waals surface area contributed by atoms with Crippen molar-refractivity contribution in [1.29, 1.82) is 0 Å². The number of nitrogens with one attached hydrogen (secondary N) is 1. The van der Waals surface area contributed by atoms with Crippen LogP contribution in [-0.4, -0.2) is 67.7 Å². The van der Waals surface area contributed by atoms with Crippen LogP contribution in [0.15, 0.2) is 12.2 Å². The average Bonchev–Trinajstić information content (AvgIpc) is 3.57. The number of sulfone groups is 1. The van der Waals surface area contributed by atoms with Crippen molar-refractivity contribution in [3.63, 3.8) is 0 Å². The van der Waals surface area contributed by atoms with Crippen LogP contribution in [0.5, 0.6) is 0 Å². The van der Waals surface area contributed by atoms with E-state index in [1.54, 1.807) is 13.8 Å². The van der Waals surface area contributed by atoms with Crippen LogP contribution in [0, 0.1) is 68.5 Å². The number of quaternary nitrogens is 1. The maximum Gasteiger partial charge on any atom is 0.309 e. The minimum atomic E-state index is -2.90. The molecule has 4 N–H and O–H groups in total. The molecule has 1 saturated heterocycles. The molecule has 6 saturated carbocycles. The van der Waals surface area contributed by atoms with Gasteiger partial charge < -0.3 is 20.5 Å². The second kappa shape index (κ2) is 12.8. The summed E-state index contributed by atoms with van der Waals surface area (Å²) in [6, 6.07) is 0. The number of carbonyl (C=O) groups excluding carboxylic acids is 1. The van der Waals surface area contributed by atoms with Crippen LogP contribution in [0.3, 0.4) is 0 Å². The molecule has 0 aromatic rings. The van der Waals surface area contributed by atoms with Gasteiger partial charge in [-0.25, -0.2) is 8.42 Å². The molecule has 0 amide bonds. The third kappa shape index (κ3) is 5.89. The zero-order valence-electron chi connectivity index (χ0n) is 33.7. The highest BCUT2D eigenvalue weighted by atomic mass is 32.2. The fourth-order valence-corrected chi connectivity index (χ4v) is 17.4. The number of hydrogen-bond donors (Lipinski definition) is 3. The van der Waals surface area contributed by atoms with Gasteiger partial charge in [0, 0.05) is 17.5 Å². The van der Waals surface area contributed by atoms with Gasteiger partial charge in [0.25, 0.3) is 0 Å². The van der Waals surface area contributed by atoms with Gasteiger partial charge in [-0.15, -0.1) is 0 Å². The summed E-state index contributed by atoms with van der Waals surface area (Å²) in [6.07, 6.45) is 12.4. The topological polar surface area (TPSA) is 126 Å². The molecule has 7 fully saturated rings. The number of aliphatic carboxylic acids is 1. The standard InChI is InChI=1S/C43H70N2O6S/c1-26(2)28-12-17-43(45-21-20-44-24-31-29-22-27(29)25-52(31,49)50)19-18-41(8)30(36(28)43)10-11-33-40(7)15-14-34(51-35(46)23-38(3,4)37(47)48)39(5,6)32(40)13-16-42(33,41)9/h27-34,36,44-45H,1,10-25H2,2-9H3,(H,47,48)/p+1/t27?,28-,29?,30+,31+,32-,33+,34-,36+,40-,41+,42+,43-/m0/s1. The molecule has 8 nitrogen and oxygen atoms in total. The highest BCUT2D eigenvalue weighted by Crippen LogP contribution is 2.76. The van der Waals surface area contributed by atoms with E-state index < -0.39 is 21.2 Å². The van der Waals surface area contributed by atoms with Gasteiger partial charge >= 0.3 is 11.9 Å². The van der Waals surface area contributed by atoms with Gasteiger partial charge in [0.2, 0.25) is 0 Å². The van der Waals surface area contributed by atoms with Gasteiger partial charge in [-0.1, -0.05) is 46.8 Å².